The summed E-state index contributed by atoms with van der Waals surface area (Å²) >= 11 is 0. The second kappa shape index (κ2) is 4.27. The minimum atomic E-state index is 0.358. The summed E-state index contributed by atoms with van der Waals surface area (Å²) in [6.07, 6.45) is 5.44. The van der Waals surface area contributed by atoms with Gasteiger partial charge in [-0.1, -0.05) is 5.16 Å². The maximum absolute atomic E-state index is 4.68. The Morgan fingerprint density at radius 1 is 1.60 bits per heavy atom. The largest absolute Gasteiger partial charge is 0.346 e. The van der Waals surface area contributed by atoms with Gasteiger partial charge in [-0.25, -0.2) is 0 Å². The third-order valence-corrected chi connectivity index (χ3v) is 2.44. The topological polar surface area (TPSA) is 55.9 Å². The molecule has 0 saturated heterocycles. The fraction of sp³-hybridized carbons (Fsp3) is 0.400. The molecule has 0 aliphatic heterocycles. The molecule has 2 rings (SSSR count). The minimum Gasteiger partial charge on any atom is -0.346 e. The van der Waals surface area contributed by atoms with E-state index in [1.165, 1.54) is 12.0 Å². The number of rotatable bonds is 4. The molecule has 0 spiro atoms. The Kier molecular flexibility index (Phi) is 2.82. The van der Waals surface area contributed by atoms with Gasteiger partial charge in [0.15, 0.2) is 5.82 Å². The molecule has 15 heavy (non-hydrogen) atoms. The van der Waals surface area contributed by atoms with Crippen LogP contribution in [0.4, 0.5) is 0 Å². The first-order valence-corrected chi connectivity index (χ1v) is 4.88. The van der Waals surface area contributed by atoms with Crippen LogP contribution >= 0.6 is 0 Å². The Morgan fingerprint density at radius 3 is 3.13 bits per heavy atom. The predicted octanol–water partition coefficient (Wildman–Crippen LogP) is 1.20. The molecule has 0 bridgehead atoms. The summed E-state index contributed by atoms with van der Waals surface area (Å²) in [5.41, 5.74) is 1.25. The zero-order chi connectivity index (χ0) is 10.7. The lowest BCUT2D eigenvalue weighted by Crippen LogP contribution is -2.11. The van der Waals surface area contributed by atoms with Crippen molar-refractivity contribution in [1.82, 2.24) is 20.0 Å². The third-order valence-electron chi connectivity index (χ3n) is 2.44. The van der Waals surface area contributed by atoms with Crippen LogP contribution in [-0.2, 0) is 6.54 Å². The van der Waals surface area contributed by atoms with Crippen molar-refractivity contribution in [3.8, 4) is 0 Å². The van der Waals surface area contributed by atoms with E-state index >= 15 is 0 Å². The van der Waals surface area contributed by atoms with Crippen LogP contribution in [0.3, 0.4) is 0 Å². The summed E-state index contributed by atoms with van der Waals surface area (Å²) in [6.45, 7) is 2.76. The van der Waals surface area contributed by atoms with Gasteiger partial charge in [0.25, 0.3) is 0 Å². The standard InChI is InChI=1S/C10H14N4O/c1-8(11-2)9-3-4-14(5-9)6-10-12-7-15-13-10/h3-5,7-8,11H,6H2,1-2H3. The highest BCUT2D eigenvalue weighted by molar-refractivity contribution is 5.14. The summed E-state index contributed by atoms with van der Waals surface area (Å²) in [5.74, 6) is 0.689. The maximum atomic E-state index is 4.68. The highest BCUT2D eigenvalue weighted by Gasteiger charge is 2.05. The van der Waals surface area contributed by atoms with Gasteiger partial charge in [0, 0.05) is 18.4 Å². The summed E-state index contributed by atoms with van der Waals surface area (Å²) in [6, 6.07) is 2.44. The quantitative estimate of drug-likeness (QED) is 0.816. The lowest BCUT2D eigenvalue weighted by molar-refractivity contribution is 0.408. The van der Waals surface area contributed by atoms with Crippen molar-refractivity contribution in [2.75, 3.05) is 7.05 Å². The van der Waals surface area contributed by atoms with Crippen LogP contribution in [0, 0.1) is 0 Å². The van der Waals surface area contributed by atoms with Gasteiger partial charge in [0.05, 0.1) is 6.54 Å². The molecule has 0 aromatic carbocycles. The molecule has 2 aromatic rings. The van der Waals surface area contributed by atoms with Gasteiger partial charge < -0.3 is 14.4 Å². The molecule has 0 fully saturated rings. The van der Waals surface area contributed by atoms with E-state index in [1.807, 2.05) is 17.8 Å². The van der Waals surface area contributed by atoms with E-state index in [-0.39, 0.29) is 0 Å². The molecule has 0 amide bonds. The first kappa shape index (κ1) is 9.92. The molecule has 1 atom stereocenters. The number of hydrogen-bond donors (Lipinski definition) is 1. The second-order valence-electron chi connectivity index (χ2n) is 3.47. The Morgan fingerprint density at radius 2 is 2.47 bits per heavy atom. The normalized spacial score (nSPS) is 12.9. The monoisotopic (exact) mass is 206 g/mol. The van der Waals surface area contributed by atoms with Gasteiger partial charge in [-0.05, 0) is 25.6 Å². The Balaban J connectivity index is 2.07. The van der Waals surface area contributed by atoms with Crippen LogP contribution in [0.1, 0.15) is 24.4 Å². The molecule has 2 aromatic heterocycles. The molecule has 80 valence electrons. The van der Waals surface area contributed by atoms with Gasteiger partial charge in [-0.2, -0.15) is 4.98 Å². The van der Waals surface area contributed by atoms with E-state index in [1.54, 1.807) is 0 Å². The van der Waals surface area contributed by atoms with E-state index in [0.717, 1.165) is 0 Å². The summed E-state index contributed by atoms with van der Waals surface area (Å²) in [4.78, 5) is 3.97. The van der Waals surface area contributed by atoms with E-state index in [0.29, 0.717) is 18.4 Å². The zero-order valence-electron chi connectivity index (χ0n) is 8.84. The molecular weight excluding hydrogens is 192 g/mol. The number of aromatic nitrogens is 3. The van der Waals surface area contributed by atoms with Crippen LogP contribution in [0.25, 0.3) is 0 Å². The van der Waals surface area contributed by atoms with Crippen molar-refractivity contribution in [2.45, 2.75) is 19.5 Å². The van der Waals surface area contributed by atoms with Crippen molar-refractivity contribution in [3.05, 3.63) is 36.2 Å². The molecular formula is C10H14N4O. The fourth-order valence-corrected chi connectivity index (χ4v) is 1.41. The second-order valence-corrected chi connectivity index (χ2v) is 3.47. The summed E-state index contributed by atoms with van der Waals surface area (Å²) < 4.78 is 6.71. The summed E-state index contributed by atoms with van der Waals surface area (Å²) in [7, 11) is 1.95. The van der Waals surface area contributed by atoms with E-state index < -0.39 is 0 Å². The average Bonchev–Trinajstić information content (AvgIpc) is 2.88. The van der Waals surface area contributed by atoms with Crippen LogP contribution < -0.4 is 5.32 Å². The maximum Gasteiger partial charge on any atom is 0.213 e. The molecule has 5 heteroatoms. The molecule has 5 nitrogen and oxygen atoms in total. The Labute approximate surface area is 88.1 Å². The minimum absolute atomic E-state index is 0.358. The lowest BCUT2D eigenvalue weighted by atomic mass is 10.2. The molecule has 0 saturated carbocycles. The first-order chi connectivity index (χ1) is 7.29. The van der Waals surface area contributed by atoms with Gasteiger partial charge in [-0.15, -0.1) is 0 Å². The summed E-state index contributed by atoms with van der Waals surface area (Å²) in [5, 5.41) is 6.95. The SMILES string of the molecule is CNC(C)c1ccn(Cc2ncon2)c1. The smallest absolute Gasteiger partial charge is 0.213 e. The number of nitrogens with zero attached hydrogens (tertiary/aromatic N) is 3. The lowest BCUT2D eigenvalue weighted by Gasteiger charge is -2.06. The van der Waals surface area contributed by atoms with Crippen LogP contribution in [0.2, 0.25) is 0 Å². The Bertz CT molecular complexity index is 407. The molecule has 2 heterocycles. The van der Waals surface area contributed by atoms with Crippen molar-refractivity contribution in [3.63, 3.8) is 0 Å². The molecule has 0 aliphatic carbocycles. The molecule has 0 aliphatic rings. The van der Waals surface area contributed by atoms with Crippen molar-refractivity contribution in [1.29, 1.82) is 0 Å². The zero-order valence-corrected chi connectivity index (χ0v) is 8.84. The van der Waals surface area contributed by atoms with E-state index in [2.05, 4.69) is 39.2 Å². The van der Waals surface area contributed by atoms with E-state index in [9.17, 15) is 0 Å². The molecule has 1 unspecified atom stereocenters. The van der Waals surface area contributed by atoms with E-state index in [4.69, 9.17) is 0 Å². The first-order valence-electron chi connectivity index (χ1n) is 4.88. The van der Waals surface area contributed by atoms with Crippen LogP contribution in [0.15, 0.2) is 29.4 Å². The van der Waals surface area contributed by atoms with Crippen molar-refractivity contribution in [2.24, 2.45) is 0 Å². The molecule has 1 N–H and O–H groups in total. The number of nitrogens with one attached hydrogen (secondary N) is 1. The fourth-order valence-electron chi connectivity index (χ4n) is 1.41. The number of hydrogen-bond acceptors (Lipinski definition) is 4. The highest BCUT2D eigenvalue weighted by Crippen LogP contribution is 2.12. The van der Waals surface area contributed by atoms with Gasteiger partial charge in [-0.3, -0.25) is 0 Å². The average molecular weight is 206 g/mol. The Hall–Kier alpha value is -1.62. The van der Waals surface area contributed by atoms with Crippen molar-refractivity contribution < 1.29 is 4.52 Å². The van der Waals surface area contributed by atoms with Gasteiger partial charge >= 0.3 is 0 Å². The van der Waals surface area contributed by atoms with Crippen molar-refractivity contribution >= 4 is 0 Å². The van der Waals surface area contributed by atoms with Gasteiger partial charge in [0.1, 0.15) is 0 Å². The molecule has 0 radical (unpaired) electrons. The predicted molar refractivity (Wildman–Crippen MR) is 55.3 cm³/mol. The van der Waals surface area contributed by atoms with Gasteiger partial charge in [0.2, 0.25) is 6.39 Å². The highest BCUT2D eigenvalue weighted by atomic mass is 16.5. The van der Waals surface area contributed by atoms with Crippen LogP contribution in [-0.4, -0.2) is 21.8 Å². The van der Waals surface area contributed by atoms with Crippen LogP contribution in [0.5, 0.6) is 0 Å². The third kappa shape index (κ3) is 2.24.